The number of hydrogen-bond donors (Lipinski definition) is 1. The molecule has 3 rings (SSSR count). The summed E-state index contributed by atoms with van der Waals surface area (Å²) in [5.41, 5.74) is 0.708. The summed E-state index contributed by atoms with van der Waals surface area (Å²) < 4.78 is 13.2. The van der Waals surface area contributed by atoms with Crippen LogP contribution in [0.15, 0.2) is 60.0 Å². The van der Waals surface area contributed by atoms with Gasteiger partial charge < -0.3 is 19.4 Å². The fourth-order valence-electron chi connectivity index (χ4n) is 2.53. The van der Waals surface area contributed by atoms with Crippen LogP contribution in [0.4, 0.5) is 5.69 Å². The number of rotatable bonds is 9. The average molecular weight is 413 g/mol. The third-order valence-electron chi connectivity index (χ3n) is 3.94. The Morgan fingerprint density at radius 2 is 1.69 bits per heavy atom. The standard InChI is InChI=1S/C21H24N4O3S/c1-4-27-17-9-11-19(12-10-17)28-18-7-5-16(6-8-18)23-20(26)13-29-21-24-22-14-25(21)15(2)3/h5-12,14-15H,4,13H2,1-3H3,(H,23,26). The van der Waals surface area contributed by atoms with Gasteiger partial charge in [-0.25, -0.2) is 0 Å². The summed E-state index contributed by atoms with van der Waals surface area (Å²) in [7, 11) is 0. The first-order chi connectivity index (χ1) is 14.0. The molecule has 1 aromatic heterocycles. The van der Waals surface area contributed by atoms with E-state index in [2.05, 4.69) is 15.5 Å². The number of anilines is 1. The maximum atomic E-state index is 12.2. The van der Waals surface area contributed by atoms with Crippen LogP contribution in [-0.4, -0.2) is 33.0 Å². The largest absolute Gasteiger partial charge is 0.494 e. The maximum absolute atomic E-state index is 12.2. The van der Waals surface area contributed by atoms with Crippen LogP contribution in [-0.2, 0) is 4.79 Å². The van der Waals surface area contributed by atoms with Gasteiger partial charge in [0.25, 0.3) is 0 Å². The highest BCUT2D eigenvalue weighted by atomic mass is 32.2. The molecular weight excluding hydrogens is 388 g/mol. The van der Waals surface area contributed by atoms with Gasteiger partial charge in [0.15, 0.2) is 5.16 Å². The molecule has 7 nitrogen and oxygen atoms in total. The third kappa shape index (κ3) is 5.99. The Balaban J connectivity index is 1.50. The first-order valence-electron chi connectivity index (χ1n) is 9.38. The minimum absolute atomic E-state index is 0.103. The van der Waals surface area contributed by atoms with Gasteiger partial charge in [0, 0.05) is 11.7 Å². The number of amides is 1. The second-order valence-corrected chi connectivity index (χ2v) is 7.42. The zero-order valence-electron chi connectivity index (χ0n) is 16.7. The topological polar surface area (TPSA) is 78.3 Å². The Hall–Kier alpha value is -3.00. The van der Waals surface area contributed by atoms with Crippen LogP contribution in [0.2, 0.25) is 0 Å². The molecule has 0 aliphatic carbocycles. The number of thioether (sulfide) groups is 1. The molecule has 0 bridgehead atoms. The SMILES string of the molecule is CCOc1ccc(Oc2ccc(NC(=O)CSc3nncn3C(C)C)cc2)cc1. The Morgan fingerprint density at radius 3 is 2.31 bits per heavy atom. The van der Waals surface area contributed by atoms with Gasteiger partial charge in [-0.3, -0.25) is 4.79 Å². The predicted octanol–water partition coefficient (Wildman–Crippen LogP) is 4.78. The summed E-state index contributed by atoms with van der Waals surface area (Å²) in [6.07, 6.45) is 1.67. The first kappa shape index (κ1) is 20.7. The van der Waals surface area contributed by atoms with Crippen molar-refractivity contribution in [3.05, 3.63) is 54.9 Å². The quantitative estimate of drug-likeness (QED) is 0.510. The Bertz CT molecular complexity index is 924. The lowest BCUT2D eigenvalue weighted by atomic mass is 10.3. The minimum atomic E-state index is -0.103. The lowest BCUT2D eigenvalue weighted by Crippen LogP contribution is -2.14. The number of hydrogen-bond acceptors (Lipinski definition) is 6. The summed E-state index contributed by atoms with van der Waals surface area (Å²) in [6.45, 7) is 6.67. The van der Waals surface area contributed by atoms with Crippen molar-refractivity contribution in [1.82, 2.24) is 14.8 Å². The monoisotopic (exact) mass is 412 g/mol. The van der Waals surface area contributed by atoms with Crippen molar-refractivity contribution in [3.63, 3.8) is 0 Å². The van der Waals surface area contributed by atoms with Crippen molar-refractivity contribution in [2.75, 3.05) is 17.7 Å². The molecule has 1 heterocycles. The molecule has 0 aliphatic rings. The Labute approximate surface area is 174 Å². The van der Waals surface area contributed by atoms with Gasteiger partial charge in [-0.2, -0.15) is 0 Å². The number of nitrogens with one attached hydrogen (secondary N) is 1. The van der Waals surface area contributed by atoms with Crippen molar-refractivity contribution < 1.29 is 14.3 Å². The molecule has 0 aliphatic heterocycles. The summed E-state index contributed by atoms with van der Waals surface area (Å²) >= 11 is 1.36. The number of carbonyl (C=O) groups is 1. The zero-order chi connectivity index (χ0) is 20.6. The van der Waals surface area contributed by atoms with Crippen LogP contribution < -0.4 is 14.8 Å². The van der Waals surface area contributed by atoms with Crippen LogP contribution in [0.5, 0.6) is 17.2 Å². The van der Waals surface area contributed by atoms with Crippen LogP contribution in [0, 0.1) is 0 Å². The van der Waals surface area contributed by atoms with Gasteiger partial charge in [0.05, 0.1) is 12.4 Å². The molecule has 0 atom stereocenters. The van der Waals surface area contributed by atoms with E-state index in [0.717, 1.165) is 16.7 Å². The van der Waals surface area contributed by atoms with E-state index >= 15 is 0 Å². The number of benzene rings is 2. The number of ether oxygens (including phenoxy) is 2. The fourth-order valence-corrected chi connectivity index (χ4v) is 3.37. The van der Waals surface area contributed by atoms with Crippen LogP contribution in [0.3, 0.4) is 0 Å². The van der Waals surface area contributed by atoms with Crippen molar-refractivity contribution in [3.8, 4) is 17.2 Å². The van der Waals surface area contributed by atoms with E-state index < -0.39 is 0 Å². The highest BCUT2D eigenvalue weighted by molar-refractivity contribution is 7.99. The molecule has 1 N–H and O–H groups in total. The van der Waals surface area contributed by atoms with E-state index in [1.54, 1.807) is 6.33 Å². The van der Waals surface area contributed by atoms with Crippen molar-refractivity contribution in [2.45, 2.75) is 32.0 Å². The van der Waals surface area contributed by atoms with Gasteiger partial charge in [-0.15, -0.1) is 10.2 Å². The lowest BCUT2D eigenvalue weighted by Gasteiger charge is -2.10. The van der Waals surface area contributed by atoms with Crippen molar-refractivity contribution >= 4 is 23.4 Å². The van der Waals surface area contributed by atoms with E-state index in [1.807, 2.05) is 73.9 Å². The van der Waals surface area contributed by atoms with E-state index in [4.69, 9.17) is 9.47 Å². The molecule has 0 fully saturated rings. The van der Waals surface area contributed by atoms with Crippen molar-refractivity contribution in [1.29, 1.82) is 0 Å². The average Bonchev–Trinajstić information content (AvgIpc) is 3.19. The third-order valence-corrected chi connectivity index (χ3v) is 4.89. The lowest BCUT2D eigenvalue weighted by molar-refractivity contribution is -0.113. The number of nitrogens with zero attached hydrogens (tertiary/aromatic N) is 3. The maximum Gasteiger partial charge on any atom is 0.234 e. The number of carbonyl (C=O) groups excluding carboxylic acids is 1. The molecule has 0 radical (unpaired) electrons. The fraction of sp³-hybridized carbons (Fsp3) is 0.286. The van der Waals surface area contributed by atoms with Crippen LogP contribution >= 0.6 is 11.8 Å². The van der Waals surface area contributed by atoms with E-state index in [-0.39, 0.29) is 17.7 Å². The second kappa shape index (κ2) is 9.97. The van der Waals surface area contributed by atoms with E-state index in [9.17, 15) is 4.79 Å². The zero-order valence-corrected chi connectivity index (χ0v) is 17.5. The van der Waals surface area contributed by atoms with Gasteiger partial charge in [-0.05, 0) is 69.3 Å². The van der Waals surface area contributed by atoms with E-state index in [1.165, 1.54) is 11.8 Å². The van der Waals surface area contributed by atoms with Gasteiger partial charge in [0.1, 0.15) is 23.6 Å². The van der Waals surface area contributed by atoms with E-state index in [0.29, 0.717) is 18.0 Å². The molecule has 0 saturated heterocycles. The molecule has 29 heavy (non-hydrogen) atoms. The number of aromatic nitrogens is 3. The minimum Gasteiger partial charge on any atom is -0.494 e. The smallest absolute Gasteiger partial charge is 0.234 e. The van der Waals surface area contributed by atoms with Gasteiger partial charge >= 0.3 is 0 Å². The normalized spacial score (nSPS) is 10.8. The molecule has 8 heteroatoms. The molecule has 152 valence electrons. The Kier molecular flexibility index (Phi) is 7.13. The summed E-state index contributed by atoms with van der Waals surface area (Å²) in [6, 6.07) is 14.9. The molecule has 0 saturated carbocycles. The highest BCUT2D eigenvalue weighted by Crippen LogP contribution is 2.25. The van der Waals surface area contributed by atoms with Crippen molar-refractivity contribution in [2.24, 2.45) is 0 Å². The van der Waals surface area contributed by atoms with Crippen LogP contribution in [0.25, 0.3) is 0 Å². The second-order valence-electron chi connectivity index (χ2n) is 6.48. The first-order valence-corrected chi connectivity index (χ1v) is 10.4. The van der Waals surface area contributed by atoms with Gasteiger partial charge in [0.2, 0.25) is 5.91 Å². The summed E-state index contributed by atoms with van der Waals surface area (Å²) in [4.78, 5) is 12.2. The molecular formula is C21H24N4O3S. The predicted molar refractivity (Wildman–Crippen MR) is 114 cm³/mol. The highest BCUT2D eigenvalue weighted by Gasteiger charge is 2.11. The summed E-state index contributed by atoms with van der Waals surface area (Å²) in [5, 5.41) is 11.6. The summed E-state index contributed by atoms with van der Waals surface area (Å²) in [5.74, 6) is 2.37. The van der Waals surface area contributed by atoms with Crippen LogP contribution in [0.1, 0.15) is 26.8 Å². The Morgan fingerprint density at radius 1 is 1.07 bits per heavy atom. The molecule has 0 spiro atoms. The molecule has 0 unspecified atom stereocenters. The molecule has 3 aromatic rings. The van der Waals surface area contributed by atoms with Gasteiger partial charge in [-0.1, -0.05) is 11.8 Å². The molecule has 1 amide bonds. The molecule has 2 aromatic carbocycles.